The molecule has 104 valence electrons. The fraction of sp³-hybridized carbons (Fsp3) is 0.562. The highest BCUT2D eigenvalue weighted by Gasteiger charge is 2.22. The normalized spacial score (nSPS) is 14.6. The summed E-state index contributed by atoms with van der Waals surface area (Å²) in [5.74, 6) is 0.773. The second kappa shape index (κ2) is 7.29. The molecule has 1 saturated carbocycles. The number of hydrogen-bond acceptors (Lipinski definition) is 3. The van der Waals surface area contributed by atoms with Gasteiger partial charge in [-0.3, -0.25) is 9.69 Å². The molecule has 2 rings (SSSR count). The molecule has 1 aromatic carbocycles. The van der Waals surface area contributed by atoms with Crippen LogP contribution in [0.3, 0.4) is 0 Å². The van der Waals surface area contributed by atoms with Crippen LogP contribution in [0.1, 0.15) is 31.7 Å². The molecule has 1 fully saturated rings. The van der Waals surface area contributed by atoms with E-state index >= 15 is 0 Å². The molecule has 0 heterocycles. The first-order chi connectivity index (χ1) is 9.28. The molecule has 0 aliphatic heterocycles. The number of esters is 1. The van der Waals surface area contributed by atoms with Crippen molar-refractivity contribution in [3.05, 3.63) is 35.9 Å². The fourth-order valence-corrected chi connectivity index (χ4v) is 2.22. The van der Waals surface area contributed by atoms with Gasteiger partial charge in [0.1, 0.15) is 0 Å². The van der Waals surface area contributed by atoms with Gasteiger partial charge in [-0.25, -0.2) is 0 Å². The summed E-state index contributed by atoms with van der Waals surface area (Å²) in [6.07, 6.45) is 3.92. The van der Waals surface area contributed by atoms with Crippen molar-refractivity contribution >= 4 is 5.97 Å². The van der Waals surface area contributed by atoms with Crippen molar-refractivity contribution in [2.24, 2.45) is 5.92 Å². The maximum Gasteiger partial charge on any atom is 0.320 e. The van der Waals surface area contributed by atoms with E-state index in [-0.39, 0.29) is 5.97 Å². The van der Waals surface area contributed by atoms with Crippen molar-refractivity contribution in [3.8, 4) is 0 Å². The lowest BCUT2D eigenvalue weighted by atomic mass is 10.2. The Bertz CT molecular complexity index is 387. The first-order valence-electron chi connectivity index (χ1n) is 7.20. The number of carbonyl (C=O) groups excluding carboxylic acids is 1. The lowest BCUT2D eigenvalue weighted by molar-refractivity contribution is -0.144. The molecule has 0 N–H and O–H groups in total. The van der Waals surface area contributed by atoms with Crippen LogP contribution in [0.15, 0.2) is 30.3 Å². The van der Waals surface area contributed by atoms with Gasteiger partial charge in [0.05, 0.1) is 13.2 Å². The Hall–Kier alpha value is -1.35. The first kappa shape index (κ1) is 14.1. The van der Waals surface area contributed by atoms with Crippen molar-refractivity contribution in [1.29, 1.82) is 0 Å². The van der Waals surface area contributed by atoms with Crippen LogP contribution in [0.4, 0.5) is 0 Å². The standard InChI is InChI=1S/C16H23NO2/c1-2-19-16(18)13-17(11-10-14-8-9-14)12-15-6-4-3-5-7-15/h3-7,14H,2,8-13H2,1H3. The van der Waals surface area contributed by atoms with Gasteiger partial charge in [-0.05, 0) is 31.4 Å². The van der Waals surface area contributed by atoms with Crippen LogP contribution in [0.2, 0.25) is 0 Å². The third-order valence-corrected chi connectivity index (χ3v) is 3.46. The number of rotatable bonds is 8. The van der Waals surface area contributed by atoms with Crippen molar-refractivity contribution in [2.45, 2.75) is 32.7 Å². The molecule has 1 aliphatic rings. The average Bonchev–Trinajstić information content (AvgIpc) is 3.21. The highest BCUT2D eigenvalue weighted by molar-refractivity contribution is 5.71. The summed E-state index contributed by atoms with van der Waals surface area (Å²) in [4.78, 5) is 13.8. The third kappa shape index (κ3) is 5.43. The van der Waals surface area contributed by atoms with E-state index in [1.807, 2.05) is 25.1 Å². The topological polar surface area (TPSA) is 29.5 Å². The first-order valence-corrected chi connectivity index (χ1v) is 7.20. The zero-order chi connectivity index (χ0) is 13.5. The molecule has 19 heavy (non-hydrogen) atoms. The molecule has 0 spiro atoms. The van der Waals surface area contributed by atoms with E-state index in [1.165, 1.54) is 24.8 Å². The van der Waals surface area contributed by atoms with Crippen LogP contribution in [0, 0.1) is 5.92 Å². The monoisotopic (exact) mass is 261 g/mol. The summed E-state index contributed by atoms with van der Waals surface area (Å²) < 4.78 is 5.05. The van der Waals surface area contributed by atoms with E-state index in [2.05, 4.69) is 17.0 Å². The van der Waals surface area contributed by atoms with Gasteiger partial charge < -0.3 is 4.74 Å². The number of hydrogen-bond donors (Lipinski definition) is 0. The van der Waals surface area contributed by atoms with E-state index in [1.54, 1.807) is 0 Å². The predicted molar refractivity (Wildman–Crippen MR) is 75.7 cm³/mol. The molecule has 0 saturated heterocycles. The average molecular weight is 261 g/mol. The molecule has 0 aromatic heterocycles. The fourth-order valence-electron chi connectivity index (χ4n) is 2.22. The SMILES string of the molecule is CCOC(=O)CN(CCC1CC1)Cc1ccccc1. The predicted octanol–water partition coefficient (Wildman–Crippen LogP) is 2.85. The molecular formula is C16H23NO2. The molecule has 0 amide bonds. The number of carbonyl (C=O) groups is 1. The lowest BCUT2D eigenvalue weighted by Crippen LogP contribution is -2.31. The molecule has 3 nitrogen and oxygen atoms in total. The number of ether oxygens (including phenoxy) is 1. The molecule has 0 atom stereocenters. The van der Waals surface area contributed by atoms with Gasteiger partial charge >= 0.3 is 5.97 Å². The van der Waals surface area contributed by atoms with Crippen LogP contribution in [0.25, 0.3) is 0 Å². The highest BCUT2D eigenvalue weighted by atomic mass is 16.5. The van der Waals surface area contributed by atoms with Gasteiger partial charge in [0, 0.05) is 6.54 Å². The smallest absolute Gasteiger partial charge is 0.320 e. The zero-order valence-electron chi connectivity index (χ0n) is 11.7. The Morgan fingerprint density at radius 1 is 1.32 bits per heavy atom. The minimum absolute atomic E-state index is 0.116. The van der Waals surface area contributed by atoms with Gasteiger partial charge in [-0.1, -0.05) is 43.2 Å². The largest absolute Gasteiger partial charge is 0.465 e. The van der Waals surface area contributed by atoms with Gasteiger partial charge in [0.15, 0.2) is 0 Å². The summed E-state index contributed by atoms with van der Waals surface area (Å²) >= 11 is 0. The Morgan fingerprint density at radius 3 is 2.68 bits per heavy atom. The minimum Gasteiger partial charge on any atom is -0.465 e. The maximum absolute atomic E-state index is 11.6. The lowest BCUT2D eigenvalue weighted by Gasteiger charge is -2.21. The van der Waals surface area contributed by atoms with Crippen LogP contribution < -0.4 is 0 Å². The van der Waals surface area contributed by atoms with Crippen LogP contribution in [-0.2, 0) is 16.1 Å². The Morgan fingerprint density at radius 2 is 2.05 bits per heavy atom. The van der Waals surface area contributed by atoms with Gasteiger partial charge in [0.2, 0.25) is 0 Å². The van der Waals surface area contributed by atoms with Gasteiger partial charge in [-0.15, -0.1) is 0 Å². The van der Waals surface area contributed by atoms with Gasteiger partial charge in [0.25, 0.3) is 0 Å². The quantitative estimate of drug-likeness (QED) is 0.674. The number of benzene rings is 1. The van der Waals surface area contributed by atoms with E-state index < -0.39 is 0 Å². The summed E-state index contributed by atoms with van der Waals surface area (Å²) in [6, 6.07) is 10.3. The summed E-state index contributed by atoms with van der Waals surface area (Å²) in [7, 11) is 0. The molecule has 0 bridgehead atoms. The molecule has 1 aliphatic carbocycles. The van der Waals surface area contributed by atoms with Crippen LogP contribution >= 0.6 is 0 Å². The molecule has 0 unspecified atom stereocenters. The Kier molecular flexibility index (Phi) is 5.40. The number of nitrogens with zero attached hydrogens (tertiary/aromatic N) is 1. The van der Waals surface area contributed by atoms with Crippen LogP contribution in [0.5, 0.6) is 0 Å². The Labute approximate surface area is 115 Å². The van der Waals surface area contributed by atoms with E-state index in [9.17, 15) is 4.79 Å². The minimum atomic E-state index is -0.116. The maximum atomic E-state index is 11.6. The van der Waals surface area contributed by atoms with Crippen LogP contribution in [-0.4, -0.2) is 30.6 Å². The van der Waals surface area contributed by atoms with Crippen molar-refractivity contribution in [3.63, 3.8) is 0 Å². The van der Waals surface area contributed by atoms with E-state index in [0.717, 1.165) is 19.0 Å². The molecular weight excluding hydrogens is 238 g/mol. The van der Waals surface area contributed by atoms with Gasteiger partial charge in [-0.2, -0.15) is 0 Å². The highest BCUT2D eigenvalue weighted by Crippen LogP contribution is 2.32. The molecule has 1 aromatic rings. The Balaban J connectivity index is 1.86. The summed E-state index contributed by atoms with van der Waals surface area (Å²) in [6.45, 7) is 4.52. The third-order valence-electron chi connectivity index (χ3n) is 3.46. The van der Waals surface area contributed by atoms with E-state index in [4.69, 9.17) is 4.74 Å². The second-order valence-electron chi connectivity index (χ2n) is 5.23. The van der Waals surface area contributed by atoms with E-state index in [0.29, 0.717) is 13.2 Å². The van der Waals surface area contributed by atoms with Crippen molar-refractivity contribution in [1.82, 2.24) is 4.90 Å². The second-order valence-corrected chi connectivity index (χ2v) is 5.23. The van der Waals surface area contributed by atoms with Crippen molar-refractivity contribution in [2.75, 3.05) is 19.7 Å². The summed E-state index contributed by atoms with van der Waals surface area (Å²) in [5, 5.41) is 0. The summed E-state index contributed by atoms with van der Waals surface area (Å²) in [5.41, 5.74) is 1.25. The molecule has 3 heteroatoms. The molecule has 0 radical (unpaired) electrons. The zero-order valence-corrected chi connectivity index (χ0v) is 11.7. The van der Waals surface area contributed by atoms with Crippen molar-refractivity contribution < 1.29 is 9.53 Å².